The maximum Gasteiger partial charge on any atom is 0.254 e. The van der Waals surface area contributed by atoms with E-state index in [9.17, 15) is 9.59 Å². The summed E-state index contributed by atoms with van der Waals surface area (Å²) in [5.74, 6) is 0.236. The number of carbonyl (C=O) groups is 2. The minimum absolute atomic E-state index is 0.0264. The lowest BCUT2D eigenvalue weighted by Gasteiger charge is -2.34. The van der Waals surface area contributed by atoms with Crippen LogP contribution >= 0.6 is 0 Å². The first-order chi connectivity index (χ1) is 13.2. The van der Waals surface area contributed by atoms with E-state index < -0.39 is 0 Å². The van der Waals surface area contributed by atoms with E-state index in [0.29, 0.717) is 24.3 Å². The Labute approximate surface area is 159 Å². The highest BCUT2D eigenvalue weighted by Gasteiger charge is 2.29. The molecule has 4 rings (SSSR count). The van der Waals surface area contributed by atoms with Crippen LogP contribution in [-0.4, -0.2) is 52.8 Å². The number of carbonyl (C=O) groups excluding carboxylic acids is 2. The minimum atomic E-state index is 0.0264. The van der Waals surface area contributed by atoms with Crippen LogP contribution in [0.1, 0.15) is 28.8 Å². The molecular weight excluding hydrogens is 340 g/mol. The van der Waals surface area contributed by atoms with E-state index in [-0.39, 0.29) is 17.7 Å². The summed E-state index contributed by atoms with van der Waals surface area (Å²) < 4.78 is 0. The van der Waals surface area contributed by atoms with Crippen LogP contribution in [0.15, 0.2) is 48.8 Å². The van der Waals surface area contributed by atoms with Gasteiger partial charge in [-0.05, 0) is 42.7 Å². The zero-order valence-electron chi connectivity index (χ0n) is 15.3. The topological polar surface area (TPSA) is 65.5 Å². The van der Waals surface area contributed by atoms with Crippen molar-refractivity contribution in [2.75, 3.05) is 31.5 Å². The second-order valence-electron chi connectivity index (χ2n) is 7.27. The summed E-state index contributed by atoms with van der Waals surface area (Å²) in [4.78, 5) is 33.1. The van der Waals surface area contributed by atoms with Crippen molar-refractivity contribution in [3.8, 4) is 0 Å². The van der Waals surface area contributed by atoms with Gasteiger partial charge in [-0.15, -0.1) is 0 Å². The Morgan fingerprint density at radius 1 is 1.07 bits per heavy atom. The molecule has 2 amide bonds. The van der Waals surface area contributed by atoms with Gasteiger partial charge in [0, 0.05) is 62.3 Å². The number of nitrogens with one attached hydrogen (secondary N) is 1. The van der Waals surface area contributed by atoms with E-state index in [1.165, 1.54) is 5.56 Å². The molecule has 2 heterocycles. The summed E-state index contributed by atoms with van der Waals surface area (Å²) in [5, 5.41) is 2.91. The summed E-state index contributed by atoms with van der Waals surface area (Å²) in [7, 11) is 0. The van der Waals surface area contributed by atoms with Crippen molar-refractivity contribution in [3.63, 3.8) is 0 Å². The van der Waals surface area contributed by atoms with Gasteiger partial charge in [0.25, 0.3) is 5.91 Å². The van der Waals surface area contributed by atoms with Gasteiger partial charge in [0.15, 0.2) is 0 Å². The van der Waals surface area contributed by atoms with Gasteiger partial charge in [0.2, 0.25) is 5.91 Å². The molecule has 2 aliphatic rings. The molecule has 0 radical (unpaired) electrons. The molecule has 0 atom stereocenters. The lowest BCUT2D eigenvalue weighted by atomic mass is 10.1. The van der Waals surface area contributed by atoms with E-state index >= 15 is 0 Å². The Bertz CT molecular complexity index is 812. The first-order valence-corrected chi connectivity index (χ1v) is 9.50. The number of rotatable bonds is 5. The van der Waals surface area contributed by atoms with Crippen LogP contribution in [0.5, 0.6) is 0 Å². The zero-order chi connectivity index (χ0) is 18.6. The molecule has 1 aromatic carbocycles. The molecule has 1 N–H and O–H groups in total. The average Bonchev–Trinajstić information content (AvgIpc) is 3.54. The van der Waals surface area contributed by atoms with Crippen molar-refractivity contribution in [3.05, 3.63) is 59.9 Å². The minimum Gasteiger partial charge on any atom is -0.336 e. The largest absolute Gasteiger partial charge is 0.336 e. The van der Waals surface area contributed by atoms with Gasteiger partial charge in [-0.3, -0.25) is 19.5 Å². The Morgan fingerprint density at radius 2 is 1.89 bits per heavy atom. The van der Waals surface area contributed by atoms with Crippen LogP contribution in [0.4, 0.5) is 5.69 Å². The van der Waals surface area contributed by atoms with Crippen LogP contribution in [-0.2, 0) is 11.3 Å². The molecule has 0 spiro atoms. The molecule has 1 aliphatic heterocycles. The fourth-order valence-electron chi connectivity index (χ4n) is 3.36. The summed E-state index contributed by atoms with van der Waals surface area (Å²) in [6.07, 6.45) is 5.60. The van der Waals surface area contributed by atoms with Crippen molar-refractivity contribution in [2.24, 2.45) is 5.92 Å². The lowest BCUT2D eigenvalue weighted by molar-refractivity contribution is -0.117. The molecule has 27 heavy (non-hydrogen) atoms. The third-order valence-electron chi connectivity index (χ3n) is 5.11. The Balaban J connectivity index is 1.33. The maximum atomic E-state index is 12.8. The highest BCUT2D eigenvalue weighted by molar-refractivity contribution is 5.98. The summed E-state index contributed by atoms with van der Waals surface area (Å²) >= 11 is 0. The van der Waals surface area contributed by atoms with E-state index in [4.69, 9.17) is 0 Å². The standard InChI is InChI=1S/C21H24N4O2/c26-20(17-6-7-17)23-19-5-1-4-18(13-19)21(27)25-11-9-24(10-12-25)15-16-3-2-8-22-14-16/h1-5,8,13-14,17H,6-7,9-12,15H2,(H,23,26). The molecule has 1 saturated heterocycles. The van der Waals surface area contributed by atoms with E-state index in [2.05, 4.69) is 21.3 Å². The van der Waals surface area contributed by atoms with Crippen LogP contribution in [0, 0.1) is 5.92 Å². The van der Waals surface area contributed by atoms with Gasteiger partial charge in [0.05, 0.1) is 0 Å². The SMILES string of the molecule is O=C(Nc1cccc(C(=O)N2CCN(Cc3cccnc3)CC2)c1)C1CC1. The van der Waals surface area contributed by atoms with Crippen molar-refractivity contribution in [1.82, 2.24) is 14.8 Å². The molecule has 6 nitrogen and oxygen atoms in total. The zero-order valence-corrected chi connectivity index (χ0v) is 15.3. The first-order valence-electron chi connectivity index (χ1n) is 9.50. The number of anilines is 1. The van der Waals surface area contributed by atoms with Crippen molar-refractivity contribution in [2.45, 2.75) is 19.4 Å². The first kappa shape index (κ1) is 17.7. The molecular formula is C21H24N4O2. The number of amides is 2. The van der Waals surface area contributed by atoms with E-state index in [1.54, 1.807) is 12.3 Å². The highest BCUT2D eigenvalue weighted by Crippen LogP contribution is 2.30. The number of aromatic nitrogens is 1. The summed E-state index contributed by atoms with van der Waals surface area (Å²) in [6, 6.07) is 11.3. The Hall–Kier alpha value is -2.73. The number of hydrogen-bond donors (Lipinski definition) is 1. The van der Waals surface area contributed by atoms with Crippen LogP contribution < -0.4 is 5.32 Å². The third kappa shape index (κ3) is 4.52. The predicted octanol–water partition coefficient (Wildman–Crippen LogP) is 2.39. The smallest absolute Gasteiger partial charge is 0.254 e. The Morgan fingerprint density at radius 3 is 2.59 bits per heavy atom. The number of piperazine rings is 1. The fraction of sp³-hybridized carbons (Fsp3) is 0.381. The quantitative estimate of drug-likeness (QED) is 0.885. The molecule has 2 aromatic rings. The van der Waals surface area contributed by atoms with Crippen molar-refractivity contribution < 1.29 is 9.59 Å². The van der Waals surface area contributed by atoms with Crippen LogP contribution in [0.2, 0.25) is 0 Å². The van der Waals surface area contributed by atoms with Gasteiger partial charge in [-0.25, -0.2) is 0 Å². The monoisotopic (exact) mass is 364 g/mol. The van der Waals surface area contributed by atoms with Crippen molar-refractivity contribution in [1.29, 1.82) is 0 Å². The number of hydrogen-bond acceptors (Lipinski definition) is 4. The van der Waals surface area contributed by atoms with Crippen LogP contribution in [0.25, 0.3) is 0 Å². The molecule has 6 heteroatoms. The summed E-state index contributed by atoms with van der Waals surface area (Å²) in [6.45, 7) is 3.96. The molecule has 0 unspecified atom stereocenters. The van der Waals surface area contributed by atoms with Crippen molar-refractivity contribution >= 4 is 17.5 Å². The van der Waals surface area contributed by atoms with Gasteiger partial charge in [-0.2, -0.15) is 0 Å². The lowest BCUT2D eigenvalue weighted by Crippen LogP contribution is -2.48. The Kier molecular flexibility index (Phi) is 5.16. The molecule has 1 aromatic heterocycles. The second kappa shape index (κ2) is 7.88. The number of benzene rings is 1. The third-order valence-corrected chi connectivity index (χ3v) is 5.11. The van der Waals surface area contributed by atoms with E-state index in [1.807, 2.05) is 35.4 Å². The number of pyridine rings is 1. The predicted molar refractivity (Wildman–Crippen MR) is 103 cm³/mol. The average molecular weight is 364 g/mol. The molecule has 2 fully saturated rings. The normalized spacial score (nSPS) is 17.6. The maximum absolute atomic E-state index is 12.8. The van der Waals surface area contributed by atoms with Gasteiger partial charge < -0.3 is 10.2 Å². The second-order valence-corrected chi connectivity index (χ2v) is 7.27. The highest BCUT2D eigenvalue weighted by atomic mass is 16.2. The summed E-state index contributed by atoms with van der Waals surface area (Å²) in [5.41, 5.74) is 2.52. The van der Waals surface area contributed by atoms with Gasteiger partial charge in [-0.1, -0.05) is 12.1 Å². The van der Waals surface area contributed by atoms with Crippen LogP contribution in [0.3, 0.4) is 0 Å². The molecule has 140 valence electrons. The van der Waals surface area contributed by atoms with Gasteiger partial charge >= 0.3 is 0 Å². The fourth-order valence-corrected chi connectivity index (χ4v) is 3.36. The number of nitrogens with zero attached hydrogens (tertiary/aromatic N) is 3. The van der Waals surface area contributed by atoms with Gasteiger partial charge in [0.1, 0.15) is 0 Å². The van der Waals surface area contributed by atoms with E-state index in [0.717, 1.165) is 32.5 Å². The molecule has 1 saturated carbocycles. The molecule has 0 bridgehead atoms. The molecule has 1 aliphatic carbocycles.